The molecule has 0 saturated carbocycles. The van der Waals surface area contributed by atoms with Crippen LogP contribution in [-0.2, 0) is 6.42 Å². The van der Waals surface area contributed by atoms with Gasteiger partial charge in [-0.1, -0.05) is 69.5 Å². The van der Waals surface area contributed by atoms with Gasteiger partial charge in [-0.25, -0.2) is 0 Å². The lowest BCUT2D eigenvalue weighted by atomic mass is 9.92. The summed E-state index contributed by atoms with van der Waals surface area (Å²) in [6, 6.07) is 14.1. The second kappa shape index (κ2) is 7.46. The molecule has 0 bridgehead atoms. The van der Waals surface area contributed by atoms with Crippen molar-refractivity contribution < 1.29 is 0 Å². The number of nitrogens with one attached hydrogen (secondary N) is 1. The van der Waals surface area contributed by atoms with Crippen LogP contribution in [0.5, 0.6) is 0 Å². The van der Waals surface area contributed by atoms with Crippen LogP contribution in [0, 0.1) is 0 Å². The predicted molar refractivity (Wildman–Crippen MR) is 91.0 cm³/mol. The smallest absolute Gasteiger partial charge is 0.0624 e. The molecule has 1 atom stereocenters. The summed E-state index contributed by atoms with van der Waals surface area (Å²) < 4.78 is 1.12. The molecule has 2 rings (SSSR count). The van der Waals surface area contributed by atoms with Gasteiger partial charge in [0.05, 0.1) is 10.0 Å². The Morgan fingerprint density at radius 2 is 1.85 bits per heavy atom. The first-order valence-electron chi connectivity index (χ1n) is 6.45. The lowest BCUT2D eigenvalue weighted by molar-refractivity contribution is 0.624. The quantitative estimate of drug-likeness (QED) is 0.750. The predicted octanol–water partition coefficient (Wildman–Crippen LogP) is 5.30. The molecular formula is C16H16BrCl2N. The van der Waals surface area contributed by atoms with Crippen LogP contribution in [-0.4, -0.2) is 13.6 Å². The van der Waals surface area contributed by atoms with Crippen LogP contribution in [0.15, 0.2) is 46.9 Å². The summed E-state index contributed by atoms with van der Waals surface area (Å²) in [5.41, 5.74) is 2.35. The molecule has 0 amide bonds. The van der Waals surface area contributed by atoms with E-state index in [4.69, 9.17) is 23.2 Å². The molecule has 1 N–H and O–H groups in total. The van der Waals surface area contributed by atoms with E-state index >= 15 is 0 Å². The standard InChI is InChI=1S/C16H16BrCl2N/c1-20-10-12(13-6-2-3-7-14(13)17)9-11-5-4-8-15(18)16(11)19/h2-8,12,20H,9-10H2,1H3. The first kappa shape index (κ1) is 15.8. The molecule has 0 radical (unpaired) electrons. The Morgan fingerprint density at radius 3 is 2.55 bits per heavy atom. The second-order valence-electron chi connectivity index (χ2n) is 4.69. The van der Waals surface area contributed by atoms with Crippen LogP contribution >= 0.6 is 39.1 Å². The van der Waals surface area contributed by atoms with Crippen LogP contribution in [0.1, 0.15) is 17.0 Å². The summed E-state index contributed by atoms with van der Waals surface area (Å²) in [6.07, 6.45) is 0.850. The zero-order valence-corrected chi connectivity index (χ0v) is 14.3. The van der Waals surface area contributed by atoms with Crippen LogP contribution in [0.2, 0.25) is 10.0 Å². The molecule has 1 nitrogen and oxygen atoms in total. The Morgan fingerprint density at radius 1 is 1.10 bits per heavy atom. The van der Waals surface area contributed by atoms with E-state index in [-0.39, 0.29) is 0 Å². The van der Waals surface area contributed by atoms with E-state index in [1.807, 2.05) is 31.3 Å². The number of likely N-dealkylation sites (N-methyl/N-ethyl adjacent to an activating group) is 1. The maximum atomic E-state index is 6.30. The molecular weight excluding hydrogens is 357 g/mol. The fourth-order valence-corrected chi connectivity index (χ4v) is 3.32. The van der Waals surface area contributed by atoms with Gasteiger partial charge in [-0.15, -0.1) is 0 Å². The lowest BCUT2D eigenvalue weighted by Crippen LogP contribution is -2.19. The summed E-state index contributed by atoms with van der Waals surface area (Å²) >= 11 is 16.0. The molecule has 0 saturated heterocycles. The number of benzene rings is 2. The minimum Gasteiger partial charge on any atom is -0.319 e. The van der Waals surface area contributed by atoms with E-state index < -0.39 is 0 Å². The number of halogens is 3. The molecule has 0 aromatic heterocycles. The van der Waals surface area contributed by atoms with Crippen LogP contribution in [0.3, 0.4) is 0 Å². The van der Waals surface area contributed by atoms with Gasteiger partial charge in [0.2, 0.25) is 0 Å². The number of hydrogen-bond donors (Lipinski definition) is 1. The Hall–Kier alpha value is -0.540. The maximum absolute atomic E-state index is 6.30. The van der Waals surface area contributed by atoms with Gasteiger partial charge >= 0.3 is 0 Å². The molecule has 4 heteroatoms. The van der Waals surface area contributed by atoms with Crippen molar-refractivity contribution in [3.63, 3.8) is 0 Å². The van der Waals surface area contributed by atoms with Gasteiger partial charge in [-0.05, 0) is 36.7 Å². The normalized spacial score (nSPS) is 12.4. The molecule has 0 aliphatic rings. The van der Waals surface area contributed by atoms with E-state index in [0.29, 0.717) is 16.0 Å². The third-order valence-electron chi connectivity index (χ3n) is 3.29. The van der Waals surface area contributed by atoms with Gasteiger partial charge in [0, 0.05) is 16.9 Å². The Kier molecular flexibility index (Phi) is 5.91. The topological polar surface area (TPSA) is 12.0 Å². The number of rotatable bonds is 5. The Labute approximate surface area is 138 Å². The highest BCUT2D eigenvalue weighted by molar-refractivity contribution is 9.10. The molecule has 0 spiro atoms. The third-order valence-corrected chi connectivity index (χ3v) is 4.87. The zero-order chi connectivity index (χ0) is 14.5. The second-order valence-corrected chi connectivity index (χ2v) is 6.33. The molecule has 1 unspecified atom stereocenters. The maximum Gasteiger partial charge on any atom is 0.0624 e. The molecule has 2 aromatic rings. The molecule has 0 fully saturated rings. The minimum atomic E-state index is 0.339. The average Bonchev–Trinajstić information content (AvgIpc) is 2.44. The molecule has 0 heterocycles. The minimum absolute atomic E-state index is 0.339. The summed E-state index contributed by atoms with van der Waals surface area (Å²) in [5, 5.41) is 4.52. The van der Waals surface area contributed by atoms with Crippen LogP contribution in [0.25, 0.3) is 0 Å². The van der Waals surface area contributed by atoms with Gasteiger partial charge < -0.3 is 5.32 Å². The first-order valence-corrected chi connectivity index (χ1v) is 8.00. The largest absolute Gasteiger partial charge is 0.319 e. The van der Waals surface area contributed by atoms with E-state index in [1.165, 1.54) is 5.56 Å². The third kappa shape index (κ3) is 3.76. The summed E-state index contributed by atoms with van der Waals surface area (Å²) in [7, 11) is 1.96. The van der Waals surface area contributed by atoms with Crippen molar-refractivity contribution in [2.24, 2.45) is 0 Å². The summed E-state index contributed by atoms with van der Waals surface area (Å²) in [5.74, 6) is 0.339. The highest BCUT2D eigenvalue weighted by Gasteiger charge is 2.16. The SMILES string of the molecule is CNCC(Cc1cccc(Cl)c1Cl)c1ccccc1Br. The van der Waals surface area contributed by atoms with E-state index in [2.05, 4.69) is 39.4 Å². The van der Waals surface area contributed by atoms with Crippen molar-refractivity contribution in [2.45, 2.75) is 12.3 Å². The first-order chi connectivity index (χ1) is 9.63. The van der Waals surface area contributed by atoms with Crippen LogP contribution in [0.4, 0.5) is 0 Å². The molecule has 0 aliphatic carbocycles. The number of hydrogen-bond acceptors (Lipinski definition) is 1. The van der Waals surface area contributed by atoms with Crippen molar-refractivity contribution in [3.05, 3.63) is 68.1 Å². The molecule has 2 aromatic carbocycles. The Balaban J connectivity index is 2.31. The van der Waals surface area contributed by atoms with E-state index in [0.717, 1.165) is 23.0 Å². The van der Waals surface area contributed by atoms with Gasteiger partial charge in [0.15, 0.2) is 0 Å². The lowest BCUT2D eigenvalue weighted by Gasteiger charge is -2.19. The van der Waals surface area contributed by atoms with E-state index in [9.17, 15) is 0 Å². The molecule has 0 aliphatic heterocycles. The fourth-order valence-electron chi connectivity index (χ4n) is 2.32. The average molecular weight is 373 g/mol. The summed E-state index contributed by atoms with van der Waals surface area (Å²) in [4.78, 5) is 0. The van der Waals surface area contributed by atoms with Crippen molar-refractivity contribution in [1.82, 2.24) is 5.32 Å². The van der Waals surface area contributed by atoms with Crippen molar-refractivity contribution in [2.75, 3.05) is 13.6 Å². The van der Waals surface area contributed by atoms with Crippen LogP contribution < -0.4 is 5.32 Å². The van der Waals surface area contributed by atoms with Gasteiger partial charge in [0.25, 0.3) is 0 Å². The summed E-state index contributed by atoms with van der Waals surface area (Å²) in [6.45, 7) is 0.880. The fraction of sp³-hybridized carbons (Fsp3) is 0.250. The van der Waals surface area contributed by atoms with Gasteiger partial charge in [0.1, 0.15) is 0 Å². The highest BCUT2D eigenvalue weighted by Crippen LogP contribution is 2.32. The zero-order valence-electron chi connectivity index (χ0n) is 11.2. The van der Waals surface area contributed by atoms with Crippen molar-refractivity contribution in [3.8, 4) is 0 Å². The van der Waals surface area contributed by atoms with Gasteiger partial charge in [-0.3, -0.25) is 0 Å². The Bertz CT molecular complexity index is 586. The van der Waals surface area contributed by atoms with Gasteiger partial charge in [-0.2, -0.15) is 0 Å². The monoisotopic (exact) mass is 371 g/mol. The van der Waals surface area contributed by atoms with Crippen molar-refractivity contribution >= 4 is 39.1 Å². The molecule has 106 valence electrons. The van der Waals surface area contributed by atoms with Crippen molar-refractivity contribution in [1.29, 1.82) is 0 Å². The van der Waals surface area contributed by atoms with E-state index in [1.54, 1.807) is 0 Å². The highest BCUT2D eigenvalue weighted by atomic mass is 79.9. The molecule has 20 heavy (non-hydrogen) atoms.